The fraction of sp³-hybridized carbons (Fsp3) is 0.100. The van der Waals surface area contributed by atoms with Gasteiger partial charge in [-0.1, -0.05) is 53.5 Å². The van der Waals surface area contributed by atoms with Crippen molar-refractivity contribution >= 4 is 39.9 Å². The van der Waals surface area contributed by atoms with E-state index in [-0.39, 0.29) is 0 Å². The van der Waals surface area contributed by atoms with Crippen molar-refractivity contribution in [1.82, 2.24) is 9.38 Å². The second-order valence-corrected chi connectivity index (χ2v) is 6.67. The number of nitriles is 1. The SMILES string of the molecule is Cc1c(Cc2ccccc2Cl)c(Cl)n2c(nc3ccccc32)c1C#N. The first-order valence-corrected chi connectivity index (χ1v) is 8.59. The summed E-state index contributed by atoms with van der Waals surface area (Å²) in [6.45, 7) is 1.91. The van der Waals surface area contributed by atoms with Gasteiger partial charge in [0, 0.05) is 11.4 Å². The molecule has 4 rings (SSSR count). The smallest absolute Gasteiger partial charge is 0.157 e. The molecule has 0 aliphatic carbocycles. The average molecular weight is 366 g/mol. The lowest BCUT2D eigenvalue weighted by atomic mass is 9.99. The molecule has 5 heteroatoms. The van der Waals surface area contributed by atoms with E-state index in [4.69, 9.17) is 23.2 Å². The third kappa shape index (κ3) is 2.46. The van der Waals surface area contributed by atoms with Gasteiger partial charge in [-0.25, -0.2) is 4.98 Å². The van der Waals surface area contributed by atoms with Crippen LogP contribution in [0, 0.1) is 18.3 Å². The maximum Gasteiger partial charge on any atom is 0.157 e. The van der Waals surface area contributed by atoms with Crippen LogP contribution >= 0.6 is 23.2 Å². The van der Waals surface area contributed by atoms with Crippen molar-refractivity contribution in [2.45, 2.75) is 13.3 Å². The molecule has 25 heavy (non-hydrogen) atoms. The number of pyridine rings is 1. The highest BCUT2D eigenvalue weighted by atomic mass is 35.5. The van der Waals surface area contributed by atoms with Crippen LogP contribution in [0.1, 0.15) is 22.3 Å². The van der Waals surface area contributed by atoms with Crippen LogP contribution in [0.4, 0.5) is 0 Å². The lowest BCUT2D eigenvalue weighted by Crippen LogP contribution is -2.03. The van der Waals surface area contributed by atoms with Crippen LogP contribution in [-0.2, 0) is 6.42 Å². The predicted molar refractivity (Wildman–Crippen MR) is 101 cm³/mol. The van der Waals surface area contributed by atoms with Gasteiger partial charge in [0.25, 0.3) is 0 Å². The van der Waals surface area contributed by atoms with E-state index in [9.17, 15) is 5.26 Å². The number of hydrogen-bond acceptors (Lipinski definition) is 2. The number of hydrogen-bond donors (Lipinski definition) is 0. The van der Waals surface area contributed by atoms with Crippen LogP contribution in [0.25, 0.3) is 16.7 Å². The van der Waals surface area contributed by atoms with E-state index in [1.165, 1.54) is 0 Å². The van der Waals surface area contributed by atoms with Crippen molar-refractivity contribution in [2.75, 3.05) is 0 Å². The zero-order valence-corrected chi connectivity index (χ0v) is 14.9. The van der Waals surface area contributed by atoms with Crippen molar-refractivity contribution < 1.29 is 0 Å². The summed E-state index contributed by atoms with van der Waals surface area (Å²) in [5, 5.41) is 11.0. The Morgan fingerprint density at radius 1 is 1.08 bits per heavy atom. The third-order valence-corrected chi connectivity index (χ3v) is 5.26. The van der Waals surface area contributed by atoms with Crippen LogP contribution in [0.2, 0.25) is 10.2 Å². The number of fused-ring (bicyclic) bond motifs is 3. The quantitative estimate of drug-likeness (QED) is 0.436. The minimum Gasteiger partial charge on any atom is -0.281 e. The molecule has 2 aromatic carbocycles. The molecule has 0 aliphatic heterocycles. The first kappa shape index (κ1) is 16.0. The molecular weight excluding hydrogens is 353 g/mol. The number of imidazole rings is 1. The van der Waals surface area contributed by atoms with E-state index >= 15 is 0 Å². The number of para-hydroxylation sites is 2. The number of halogens is 2. The summed E-state index contributed by atoms with van der Waals surface area (Å²) >= 11 is 13.1. The molecule has 0 N–H and O–H groups in total. The van der Waals surface area contributed by atoms with Crippen molar-refractivity contribution in [3.8, 4) is 6.07 Å². The standard InChI is InChI=1S/C20H13Cl2N3/c1-12-14(10-13-6-2-3-7-16(13)21)19(22)25-18-9-5-4-8-17(18)24-20(25)15(12)11-23/h2-9H,10H2,1H3. The van der Waals surface area contributed by atoms with Crippen molar-refractivity contribution in [1.29, 1.82) is 5.26 Å². The highest BCUT2D eigenvalue weighted by Gasteiger charge is 2.20. The van der Waals surface area contributed by atoms with Crippen LogP contribution in [0.3, 0.4) is 0 Å². The van der Waals surface area contributed by atoms with Crippen molar-refractivity contribution in [2.24, 2.45) is 0 Å². The van der Waals surface area contributed by atoms with E-state index < -0.39 is 0 Å². The number of benzene rings is 2. The van der Waals surface area contributed by atoms with Gasteiger partial charge in [0.15, 0.2) is 5.65 Å². The second kappa shape index (κ2) is 6.07. The maximum absolute atomic E-state index is 9.71. The summed E-state index contributed by atoms with van der Waals surface area (Å²) < 4.78 is 1.86. The number of aromatic nitrogens is 2. The van der Waals surface area contributed by atoms with Gasteiger partial charge in [0.05, 0.1) is 16.6 Å². The van der Waals surface area contributed by atoms with Gasteiger partial charge in [-0.2, -0.15) is 5.26 Å². The molecule has 3 nitrogen and oxygen atoms in total. The summed E-state index contributed by atoms with van der Waals surface area (Å²) in [5.74, 6) is 0. The summed E-state index contributed by atoms with van der Waals surface area (Å²) in [5.41, 5.74) is 5.55. The highest BCUT2D eigenvalue weighted by molar-refractivity contribution is 6.32. The Hall–Kier alpha value is -2.54. The largest absolute Gasteiger partial charge is 0.281 e. The molecule has 0 fully saturated rings. The molecule has 0 saturated carbocycles. The van der Waals surface area contributed by atoms with Crippen molar-refractivity contribution in [3.63, 3.8) is 0 Å². The third-order valence-electron chi connectivity index (χ3n) is 4.49. The zero-order valence-electron chi connectivity index (χ0n) is 13.4. The van der Waals surface area contributed by atoms with Gasteiger partial charge in [-0.3, -0.25) is 4.40 Å². The van der Waals surface area contributed by atoms with Gasteiger partial charge in [0.2, 0.25) is 0 Å². The molecule has 0 atom stereocenters. The molecule has 0 radical (unpaired) electrons. The molecule has 2 aromatic heterocycles. The Balaban J connectivity index is 2.06. The van der Waals surface area contributed by atoms with E-state index in [2.05, 4.69) is 11.1 Å². The molecular formula is C20H13Cl2N3. The molecule has 0 saturated heterocycles. The second-order valence-electron chi connectivity index (χ2n) is 5.91. The summed E-state index contributed by atoms with van der Waals surface area (Å²) in [7, 11) is 0. The predicted octanol–water partition coefficient (Wildman–Crippen LogP) is 5.57. The lowest BCUT2D eigenvalue weighted by molar-refractivity contribution is 1.08. The van der Waals surface area contributed by atoms with Crippen LogP contribution in [0.15, 0.2) is 48.5 Å². The van der Waals surface area contributed by atoms with Gasteiger partial charge in [0.1, 0.15) is 11.2 Å². The molecule has 0 amide bonds. The van der Waals surface area contributed by atoms with Crippen LogP contribution in [-0.4, -0.2) is 9.38 Å². The fourth-order valence-corrected chi connectivity index (χ4v) is 3.75. The molecule has 0 bridgehead atoms. The van der Waals surface area contributed by atoms with E-state index in [1.807, 2.05) is 59.9 Å². The van der Waals surface area contributed by atoms with E-state index in [0.29, 0.717) is 27.8 Å². The topological polar surface area (TPSA) is 41.1 Å². The Bertz CT molecular complexity index is 1170. The minimum absolute atomic E-state index is 0.544. The molecule has 2 heterocycles. The van der Waals surface area contributed by atoms with Gasteiger partial charge in [-0.05, 0) is 41.8 Å². The monoisotopic (exact) mass is 365 g/mol. The zero-order chi connectivity index (χ0) is 17.6. The van der Waals surface area contributed by atoms with Crippen LogP contribution in [0.5, 0.6) is 0 Å². The number of nitrogens with zero attached hydrogens (tertiary/aromatic N) is 3. The van der Waals surface area contributed by atoms with Crippen molar-refractivity contribution in [3.05, 3.63) is 81.0 Å². The van der Waals surface area contributed by atoms with Gasteiger partial charge >= 0.3 is 0 Å². The van der Waals surface area contributed by atoms with E-state index in [0.717, 1.165) is 27.7 Å². The van der Waals surface area contributed by atoms with Gasteiger partial charge in [-0.15, -0.1) is 0 Å². The maximum atomic E-state index is 9.71. The summed E-state index contributed by atoms with van der Waals surface area (Å²) in [4.78, 5) is 4.60. The molecule has 122 valence electrons. The molecule has 0 aliphatic rings. The fourth-order valence-electron chi connectivity index (χ4n) is 3.17. The highest BCUT2D eigenvalue weighted by Crippen LogP contribution is 2.33. The Kier molecular flexibility index (Phi) is 3.88. The molecule has 4 aromatic rings. The first-order chi connectivity index (χ1) is 12.1. The number of rotatable bonds is 2. The lowest BCUT2D eigenvalue weighted by Gasteiger charge is -2.14. The molecule has 0 unspecified atom stereocenters. The Morgan fingerprint density at radius 2 is 1.80 bits per heavy atom. The van der Waals surface area contributed by atoms with Gasteiger partial charge < -0.3 is 0 Å². The summed E-state index contributed by atoms with van der Waals surface area (Å²) in [6, 6.07) is 17.7. The molecule has 0 spiro atoms. The Morgan fingerprint density at radius 3 is 2.56 bits per heavy atom. The summed E-state index contributed by atoms with van der Waals surface area (Å²) in [6.07, 6.45) is 0.557. The Labute approximate surface area is 155 Å². The normalized spacial score (nSPS) is 11.1. The minimum atomic E-state index is 0.544. The van der Waals surface area contributed by atoms with Crippen LogP contribution < -0.4 is 0 Å². The average Bonchev–Trinajstić information content (AvgIpc) is 3.00. The first-order valence-electron chi connectivity index (χ1n) is 7.83. The van der Waals surface area contributed by atoms with E-state index in [1.54, 1.807) is 0 Å².